The van der Waals surface area contributed by atoms with Gasteiger partial charge in [0.25, 0.3) is 0 Å². The van der Waals surface area contributed by atoms with Crippen LogP contribution in [0.25, 0.3) is 5.65 Å². The highest BCUT2D eigenvalue weighted by molar-refractivity contribution is 5.46. The second kappa shape index (κ2) is 6.20. The van der Waals surface area contributed by atoms with Gasteiger partial charge < -0.3 is 9.73 Å². The van der Waals surface area contributed by atoms with Gasteiger partial charge in [0, 0.05) is 18.3 Å². The number of pyridine rings is 1. The van der Waals surface area contributed by atoms with E-state index in [9.17, 15) is 0 Å². The second-order valence-electron chi connectivity index (χ2n) is 5.80. The van der Waals surface area contributed by atoms with Gasteiger partial charge in [0.1, 0.15) is 11.6 Å². The van der Waals surface area contributed by atoms with Gasteiger partial charge in [-0.15, -0.1) is 10.2 Å². The lowest BCUT2D eigenvalue weighted by molar-refractivity contribution is 0.490. The Labute approximate surface area is 140 Å². The van der Waals surface area contributed by atoms with Crippen molar-refractivity contribution in [1.82, 2.24) is 14.6 Å². The number of rotatable bonds is 5. The molecule has 3 aromatic heterocycles. The van der Waals surface area contributed by atoms with Gasteiger partial charge in [-0.05, 0) is 48.9 Å². The maximum atomic E-state index is 5.42. The first kappa shape index (κ1) is 14.5. The number of furan rings is 1. The lowest BCUT2D eigenvalue weighted by atomic mass is 10.1. The Balaban J connectivity index is 1.48. The van der Waals surface area contributed by atoms with E-state index in [1.165, 1.54) is 5.56 Å². The monoisotopic (exact) mass is 318 g/mol. The Hall–Kier alpha value is -3.08. The van der Waals surface area contributed by atoms with Crippen LogP contribution in [0.15, 0.2) is 71.5 Å². The van der Waals surface area contributed by atoms with Gasteiger partial charge in [-0.1, -0.05) is 18.2 Å². The van der Waals surface area contributed by atoms with E-state index in [0.717, 1.165) is 29.3 Å². The Kier molecular flexibility index (Phi) is 3.75. The zero-order valence-corrected chi connectivity index (χ0v) is 13.4. The van der Waals surface area contributed by atoms with Crippen LogP contribution in [-0.4, -0.2) is 14.6 Å². The topological polar surface area (TPSA) is 55.4 Å². The molecule has 0 aliphatic rings. The van der Waals surface area contributed by atoms with Crippen LogP contribution in [0.3, 0.4) is 0 Å². The van der Waals surface area contributed by atoms with E-state index in [-0.39, 0.29) is 6.04 Å². The summed E-state index contributed by atoms with van der Waals surface area (Å²) >= 11 is 0. The van der Waals surface area contributed by atoms with Crippen LogP contribution >= 0.6 is 0 Å². The Morgan fingerprint density at radius 3 is 2.71 bits per heavy atom. The first-order valence-corrected chi connectivity index (χ1v) is 7.97. The molecular weight excluding hydrogens is 300 g/mol. The minimum atomic E-state index is 0.131. The molecule has 1 atom stereocenters. The first-order chi connectivity index (χ1) is 11.8. The minimum Gasteiger partial charge on any atom is -0.467 e. The lowest BCUT2D eigenvalue weighted by Crippen LogP contribution is -2.05. The van der Waals surface area contributed by atoms with E-state index in [0.29, 0.717) is 0 Å². The smallest absolute Gasteiger partial charge is 0.160 e. The Morgan fingerprint density at radius 2 is 1.92 bits per heavy atom. The summed E-state index contributed by atoms with van der Waals surface area (Å²) in [6, 6.07) is 18.3. The molecule has 0 amide bonds. The number of benzene rings is 1. The molecule has 120 valence electrons. The summed E-state index contributed by atoms with van der Waals surface area (Å²) in [6.07, 6.45) is 4.43. The van der Waals surface area contributed by atoms with Gasteiger partial charge in [-0.2, -0.15) is 0 Å². The number of aromatic nitrogens is 3. The Bertz CT molecular complexity index is 926. The third-order valence-electron chi connectivity index (χ3n) is 4.05. The van der Waals surface area contributed by atoms with E-state index in [2.05, 4.69) is 46.7 Å². The summed E-state index contributed by atoms with van der Waals surface area (Å²) in [7, 11) is 0. The quantitative estimate of drug-likeness (QED) is 0.602. The third kappa shape index (κ3) is 2.88. The van der Waals surface area contributed by atoms with E-state index < -0.39 is 0 Å². The number of anilines is 1. The van der Waals surface area contributed by atoms with Crippen LogP contribution in [0.2, 0.25) is 0 Å². The Morgan fingerprint density at radius 1 is 1.04 bits per heavy atom. The molecule has 0 radical (unpaired) electrons. The summed E-state index contributed by atoms with van der Waals surface area (Å²) < 4.78 is 7.44. The number of hydrogen-bond donors (Lipinski definition) is 1. The SMILES string of the molecule is CC(Nc1ccc(Cc2nnc3ccccn23)cc1)c1ccco1. The zero-order valence-electron chi connectivity index (χ0n) is 13.4. The van der Waals surface area contributed by atoms with Crippen LogP contribution in [0.5, 0.6) is 0 Å². The van der Waals surface area contributed by atoms with Crippen LogP contribution in [0, 0.1) is 0 Å². The van der Waals surface area contributed by atoms with Gasteiger partial charge in [0.15, 0.2) is 5.65 Å². The van der Waals surface area contributed by atoms with E-state index in [4.69, 9.17) is 4.42 Å². The summed E-state index contributed by atoms with van der Waals surface area (Å²) in [5.41, 5.74) is 3.14. The van der Waals surface area contributed by atoms with Gasteiger partial charge >= 0.3 is 0 Å². The highest BCUT2D eigenvalue weighted by atomic mass is 16.3. The number of nitrogens with one attached hydrogen (secondary N) is 1. The van der Waals surface area contributed by atoms with Crippen molar-refractivity contribution in [3.05, 3.63) is 84.2 Å². The normalized spacial score (nSPS) is 12.4. The predicted octanol–water partition coefficient (Wildman–Crippen LogP) is 4.09. The molecule has 24 heavy (non-hydrogen) atoms. The molecule has 1 N–H and O–H groups in total. The molecule has 1 aromatic carbocycles. The number of fused-ring (bicyclic) bond motifs is 1. The fourth-order valence-electron chi connectivity index (χ4n) is 2.77. The highest BCUT2D eigenvalue weighted by Crippen LogP contribution is 2.20. The fourth-order valence-corrected chi connectivity index (χ4v) is 2.77. The molecule has 0 saturated heterocycles. The van der Waals surface area contributed by atoms with Gasteiger partial charge in [-0.3, -0.25) is 4.40 Å². The summed E-state index contributed by atoms with van der Waals surface area (Å²) in [5, 5.41) is 11.9. The molecule has 4 aromatic rings. The van der Waals surface area contributed by atoms with Crippen LogP contribution in [-0.2, 0) is 6.42 Å². The maximum absolute atomic E-state index is 5.42. The summed E-state index contributed by atoms with van der Waals surface area (Å²) in [5.74, 6) is 1.87. The molecule has 0 aliphatic carbocycles. The fraction of sp³-hybridized carbons (Fsp3) is 0.158. The second-order valence-corrected chi connectivity index (χ2v) is 5.80. The van der Waals surface area contributed by atoms with E-state index >= 15 is 0 Å². The molecule has 5 nitrogen and oxygen atoms in total. The number of nitrogens with zero attached hydrogens (tertiary/aromatic N) is 3. The van der Waals surface area contributed by atoms with Crippen molar-refractivity contribution < 1.29 is 4.42 Å². The van der Waals surface area contributed by atoms with Crippen molar-refractivity contribution in [2.75, 3.05) is 5.32 Å². The van der Waals surface area contributed by atoms with Crippen molar-refractivity contribution in [2.45, 2.75) is 19.4 Å². The van der Waals surface area contributed by atoms with Crippen LogP contribution in [0.1, 0.15) is 30.1 Å². The maximum Gasteiger partial charge on any atom is 0.160 e. The van der Waals surface area contributed by atoms with Crippen LogP contribution in [0.4, 0.5) is 5.69 Å². The van der Waals surface area contributed by atoms with Crippen molar-refractivity contribution in [1.29, 1.82) is 0 Å². The first-order valence-electron chi connectivity index (χ1n) is 7.97. The van der Waals surface area contributed by atoms with Gasteiger partial charge in [0.2, 0.25) is 0 Å². The summed E-state index contributed by atoms with van der Waals surface area (Å²) in [6.45, 7) is 2.08. The molecule has 0 bridgehead atoms. The average Bonchev–Trinajstić information content (AvgIpc) is 3.27. The molecule has 1 unspecified atom stereocenters. The molecular formula is C19H18N4O. The molecule has 4 rings (SSSR count). The molecule has 5 heteroatoms. The summed E-state index contributed by atoms with van der Waals surface area (Å²) in [4.78, 5) is 0. The van der Waals surface area contributed by atoms with Crippen molar-refractivity contribution in [3.63, 3.8) is 0 Å². The van der Waals surface area contributed by atoms with Crippen molar-refractivity contribution >= 4 is 11.3 Å². The predicted molar refractivity (Wildman–Crippen MR) is 93.0 cm³/mol. The third-order valence-corrected chi connectivity index (χ3v) is 4.05. The molecule has 3 heterocycles. The van der Waals surface area contributed by atoms with Crippen molar-refractivity contribution in [3.8, 4) is 0 Å². The highest BCUT2D eigenvalue weighted by Gasteiger charge is 2.09. The zero-order chi connectivity index (χ0) is 16.4. The average molecular weight is 318 g/mol. The molecule has 0 fully saturated rings. The molecule has 0 spiro atoms. The molecule has 0 saturated carbocycles. The largest absolute Gasteiger partial charge is 0.467 e. The van der Waals surface area contributed by atoms with Gasteiger partial charge in [-0.25, -0.2) is 0 Å². The van der Waals surface area contributed by atoms with Gasteiger partial charge in [0.05, 0.1) is 12.3 Å². The van der Waals surface area contributed by atoms with E-state index in [1.54, 1.807) is 6.26 Å². The lowest BCUT2D eigenvalue weighted by Gasteiger charge is -2.13. The number of hydrogen-bond acceptors (Lipinski definition) is 4. The van der Waals surface area contributed by atoms with E-state index in [1.807, 2.05) is 40.9 Å². The standard InChI is InChI=1S/C19H18N4O/c1-14(17-5-4-12-24-17)20-16-9-7-15(8-10-16)13-19-22-21-18-6-2-3-11-23(18)19/h2-12,14,20H,13H2,1H3. The minimum absolute atomic E-state index is 0.131. The van der Waals surface area contributed by atoms with Crippen LogP contribution < -0.4 is 5.32 Å². The molecule has 0 aliphatic heterocycles. The van der Waals surface area contributed by atoms with Crippen molar-refractivity contribution in [2.24, 2.45) is 0 Å².